The van der Waals surface area contributed by atoms with Crippen LogP contribution in [0.5, 0.6) is 0 Å². The van der Waals surface area contributed by atoms with Gasteiger partial charge in [0.15, 0.2) is 0 Å². The molecule has 1 unspecified atom stereocenters. The summed E-state index contributed by atoms with van der Waals surface area (Å²) in [5, 5.41) is 0. The molecule has 0 radical (unpaired) electrons. The van der Waals surface area contributed by atoms with E-state index < -0.39 is 0 Å². The summed E-state index contributed by atoms with van der Waals surface area (Å²) in [6.07, 6.45) is 4.08. The zero-order valence-corrected chi connectivity index (χ0v) is 9.20. The summed E-state index contributed by atoms with van der Waals surface area (Å²) in [5.74, 6) is 0.609. The van der Waals surface area contributed by atoms with Gasteiger partial charge in [0.2, 0.25) is 0 Å². The number of nitrogens with two attached hydrogens (primary N) is 1. The number of nitrogens with zero attached hydrogens (tertiary/aromatic N) is 2. The highest BCUT2D eigenvalue weighted by atomic mass is 15.1. The van der Waals surface area contributed by atoms with E-state index in [-0.39, 0.29) is 0 Å². The van der Waals surface area contributed by atoms with E-state index in [2.05, 4.69) is 30.8 Å². The first-order valence-electron chi connectivity index (χ1n) is 5.10. The van der Waals surface area contributed by atoms with Crippen molar-refractivity contribution in [2.24, 2.45) is 0 Å². The lowest BCUT2D eigenvalue weighted by Gasteiger charge is -2.27. The third kappa shape index (κ3) is 2.37. The largest absolute Gasteiger partial charge is 0.382 e. The van der Waals surface area contributed by atoms with Crippen molar-refractivity contribution in [2.75, 3.05) is 17.7 Å². The molecule has 0 spiro atoms. The monoisotopic (exact) mass is 193 g/mol. The standard InChI is InChI=1S/C11H19N3/c1-4-6-9(2)14(3)10-7-5-8-13-11(10)12/h5,7-9H,4,6H2,1-3H3,(H2,12,13). The first kappa shape index (κ1) is 10.8. The molecule has 0 fully saturated rings. The van der Waals surface area contributed by atoms with E-state index in [1.807, 2.05) is 12.1 Å². The molecule has 0 aliphatic carbocycles. The first-order chi connectivity index (χ1) is 6.66. The van der Waals surface area contributed by atoms with Crippen LogP contribution in [0.4, 0.5) is 11.5 Å². The van der Waals surface area contributed by atoms with E-state index in [0.717, 1.165) is 5.69 Å². The molecule has 2 N–H and O–H groups in total. The van der Waals surface area contributed by atoms with E-state index in [1.54, 1.807) is 6.20 Å². The van der Waals surface area contributed by atoms with Gasteiger partial charge in [0.25, 0.3) is 0 Å². The van der Waals surface area contributed by atoms with Gasteiger partial charge in [-0.1, -0.05) is 13.3 Å². The van der Waals surface area contributed by atoms with Crippen LogP contribution in [-0.2, 0) is 0 Å². The summed E-state index contributed by atoms with van der Waals surface area (Å²) >= 11 is 0. The summed E-state index contributed by atoms with van der Waals surface area (Å²) in [7, 11) is 2.06. The van der Waals surface area contributed by atoms with Crippen LogP contribution < -0.4 is 10.6 Å². The highest BCUT2D eigenvalue weighted by Crippen LogP contribution is 2.21. The van der Waals surface area contributed by atoms with Crippen molar-refractivity contribution in [3.63, 3.8) is 0 Å². The number of aromatic nitrogens is 1. The Kier molecular flexibility index (Phi) is 3.74. The fourth-order valence-electron chi connectivity index (χ4n) is 1.56. The van der Waals surface area contributed by atoms with Crippen molar-refractivity contribution in [1.29, 1.82) is 0 Å². The average molecular weight is 193 g/mol. The van der Waals surface area contributed by atoms with Gasteiger partial charge in [0.1, 0.15) is 5.82 Å². The predicted octanol–water partition coefficient (Wildman–Crippen LogP) is 2.29. The molecule has 1 aromatic rings. The van der Waals surface area contributed by atoms with Gasteiger partial charge < -0.3 is 10.6 Å². The van der Waals surface area contributed by atoms with Gasteiger partial charge in [-0.3, -0.25) is 0 Å². The second-order valence-corrected chi connectivity index (χ2v) is 3.66. The topological polar surface area (TPSA) is 42.2 Å². The average Bonchev–Trinajstić information content (AvgIpc) is 2.18. The Morgan fingerprint density at radius 2 is 2.29 bits per heavy atom. The second-order valence-electron chi connectivity index (χ2n) is 3.66. The maximum Gasteiger partial charge on any atom is 0.146 e. The third-order valence-electron chi connectivity index (χ3n) is 2.56. The van der Waals surface area contributed by atoms with E-state index in [0.29, 0.717) is 11.9 Å². The molecule has 14 heavy (non-hydrogen) atoms. The van der Waals surface area contributed by atoms with Crippen LogP contribution in [-0.4, -0.2) is 18.1 Å². The molecule has 1 atom stereocenters. The molecule has 0 aliphatic heterocycles. The molecular formula is C11H19N3. The van der Waals surface area contributed by atoms with Crippen LogP contribution in [0.2, 0.25) is 0 Å². The molecule has 3 nitrogen and oxygen atoms in total. The van der Waals surface area contributed by atoms with E-state index in [9.17, 15) is 0 Å². The molecule has 78 valence electrons. The van der Waals surface area contributed by atoms with Crippen molar-refractivity contribution in [3.8, 4) is 0 Å². The van der Waals surface area contributed by atoms with Gasteiger partial charge in [-0.2, -0.15) is 0 Å². The first-order valence-corrected chi connectivity index (χ1v) is 5.10. The highest BCUT2D eigenvalue weighted by Gasteiger charge is 2.11. The van der Waals surface area contributed by atoms with Crippen molar-refractivity contribution in [3.05, 3.63) is 18.3 Å². The van der Waals surface area contributed by atoms with Gasteiger partial charge in [-0.05, 0) is 25.5 Å². The Morgan fingerprint density at radius 3 is 2.86 bits per heavy atom. The highest BCUT2D eigenvalue weighted by molar-refractivity contribution is 5.62. The Labute approximate surface area is 85.9 Å². The van der Waals surface area contributed by atoms with Gasteiger partial charge in [-0.15, -0.1) is 0 Å². The quantitative estimate of drug-likeness (QED) is 0.797. The number of anilines is 2. The van der Waals surface area contributed by atoms with Crippen LogP contribution >= 0.6 is 0 Å². The molecule has 0 amide bonds. The molecule has 1 rings (SSSR count). The smallest absolute Gasteiger partial charge is 0.146 e. The summed E-state index contributed by atoms with van der Waals surface area (Å²) in [5.41, 5.74) is 6.82. The van der Waals surface area contributed by atoms with Crippen molar-refractivity contribution in [2.45, 2.75) is 32.7 Å². The molecule has 0 aromatic carbocycles. The molecular weight excluding hydrogens is 174 g/mol. The zero-order valence-electron chi connectivity index (χ0n) is 9.20. The molecule has 0 saturated heterocycles. The van der Waals surface area contributed by atoms with E-state index >= 15 is 0 Å². The lowest BCUT2D eigenvalue weighted by atomic mass is 10.1. The van der Waals surface area contributed by atoms with E-state index in [1.165, 1.54) is 12.8 Å². The minimum Gasteiger partial charge on any atom is -0.382 e. The number of hydrogen-bond acceptors (Lipinski definition) is 3. The summed E-state index contributed by atoms with van der Waals surface area (Å²) in [4.78, 5) is 6.27. The summed E-state index contributed by atoms with van der Waals surface area (Å²) in [6.45, 7) is 4.40. The van der Waals surface area contributed by atoms with Gasteiger partial charge in [0, 0.05) is 19.3 Å². The molecule has 1 aromatic heterocycles. The molecule has 0 bridgehead atoms. The van der Waals surface area contributed by atoms with Gasteiger partial charge in [0.05, 0.1) is 5.69 Å². The Bertz CT molecular complexity index is 286. The van der Waals surface area contributed by atoms with Crippen LogP contribution in [0.15, 0.2) is 18.3 Å². The van der Waals surface area contributed by atoms with Gasteiger partial charge in [-0.25, -0.2) is 4.98 Å². The fourth-order valence-corrected chi connectivity index (χ4v) is 1.56. The number of nitrogen functional groups attached to an aromatic ring is 1. The Balaban J connectivity index is 2.78. The number of rotatable bonds is 4. The Morgan fingerprint density at radius 1 is 1.57 bits per heavy atom. The molecule has 1 heterocycles. The lowest BCUT2D eigenvalue weighted by molar-refractivity contribution is 0.616. The molecule has 0 aliphatic rings. The maximum atomic E-state index is 5.80. The van der Waals surface area contributed by atoms with Crippen LogP contribution in [0.25, 0.3) is 0 Å². The molecule has 0 saturated carbocycles. The van der Waals surface area contributed by atoms with Crippen molar-refractivity contribution in [1.82, 2.24) is 4.98 Å². The minimum absolute atomic E-state index is 0.506. The number of hydrogen-bond donors (Lipinski definition) is 1. The lowest BCUT2D eigenvalue weighted by Crippen LogP contribution is -2.29. The predicted molar refractivity (Wildman–Crippen MR) is 61.4 cm³/mol. The zero-order chi connectivity index (χ0) is 10.6. The third-order valence-corrected chi connectivity index (χ3v) is 2.56. The summed E-state index contributed by atoms with van der Waals surface area (Å²) < 4.78 is 0. The van der Waals surface area contributed by atoms with Crippen LogP contribution in [0.3, 0.4) is 0 Å². The van der Waals surface area contributed by atoms with Crippen LogP contribution in [0.1, 0.15) is 26.7 Å². The second kappa shape index (κ2) is 4.84. The van der Waals surface area contributed by atoms with E-state index in [4.69, 9.17) is 5.73 Å². The normalized spacial score (nSPS) is 12.5. The molecule has 3 heteroatoms. The van der Waals surface area contributed by atoms with Crippen molar-refractivity contribution < 1.29 is 0 Å². The minimum atomic E-state index is 0.506. The summed E-state index contributed by atoms with van der Waals surface area (Å²) in [6, 6.07) is 4.43. The van der Waals surface area contributed by atoms with Crippen LogP contribution in [0, 0.1) is 0 Å². The maximum absolute atomic E-state index is 5.80. The van der Waals surface area contributed by atoms with Crippen molar-refractivity contribution >= 4 is 11.5 Å². The number of pyridine rings is 1. The fraction of sp³-hybridized carbons (Fsp3) is 0.545. The SMILES string of the molecule is CCCC(C)N(C)c1cccnc1N. The Hall–Kier alpha value is -1.25. The van der Waals surface area contributed by atoms with Gasteiger partial charge >= 0.3 is 0 Å².